The molecule has 0 fully saturated rings. The lowest BCUT2D eigenvalue weighted by Gasteiger charge is -2.09. The van der Waals surface area contributed by atoms with Crippen molar-refractivity contribution in [3.05, 3.63) is 90.3 Å². The molecule has 0 atom stereocenters. The van der Waals surface area contributed by atoms with E-state index in [1.54, 1.807) is 36.7 Å². The van der Waals surface area contributed by atoms with E-state index < -0.39 is 0 Å². The van der Waals surface area contributed by atoms with Crippen molar-refractivity contribution in [3.63, 3.8) is 0 Å². The minimum atomic E-state index is -0.156. The van der Waals surface area contributed by atoms with Crippen molar-refractivity contribution in [3.8, 4) is 5.75 Å². The molecular formula is C23H20N4O2. The summed E-state index contributed by atoms with van der Waals surface area (Å²) in [6.45, 7) is 0.506. The van der Waals surface area contributed by atoms with Gasteiger partial charge in [-0.1, -0.05) is 18.2 Å². The predicted octanol–water partition coefficient (Wildman–Crippen LogP) is 4.05. The molecule has 4 rings (SSSR count). The first-order chi connectivity index (χ1) is 14.2. The van der Waals surface area contributed by atoms with E-state index in [2.05, 4.69) is 20.6 Å². The van der Waals surface area contributed by atoms with E-state index in [0.29, 0.717) is 24.3 Å². The summed E-state index contributed by atoms with van der Waals surface area (Å²) in [6, 6.07) is 20.1. The first kappa shape index (κ1) is 18.4. The van der Waals surface area contributed by atoms with Gasteiger partial charge in [-0.15, -0.1) is 0 Å². The average Bonchev–Trinajstić information content (AvgIpc) is 2.75. The van der Waals surface area contributed by atoms with Crippen LogP contribution in [0.1, 0.15) is 15.9 Å². The van der Waals surface area contributed by atoms with Crippen LogP contribution in [0.4, 0.5) is 11.5 Å². The maximum absolute atomic E-state index is 12.5. The van der Waals surface area contributed by atoms with E-state index in [0.717, 1.165) is 22.2 Å². The number of nitrogens with zero attached hydrogens (tertiary/aromatic N) is 2. The summed E-state index contributed by atoms with van der Waals surface area (Å²) < 4.78 is 0. The summed E-state index contributed by atoms with van der Waals surface area (Å²) in [4.78, 5) is 21.1. The SMILES string of the molecule is O=C(NCCc1ccc(O)cc1)c1ccnc(Nc2ccc3ncccc3c2)c1. The number of hydrogen-bond donors (Lipinski definition) is 3. The van der Waals surface area contributed by atoms with Crippen LogP contribution in [-0.2, 0) is 6.42 Å². The van der Waals surface area contributed by atoms with Gasteiger partial charge in [0.2, 0.25) is 0 Å². The second-order valence-electron chi connectivity index (χ2n) is 6.64. The number of rotatable bonds is 6. The Kier molecular flexibility index (Phi) is 5.33. The number of phenolic OH excluding ortho intramolecular Hbond substituents is 1. The molecule has 0 aliphatic carbocycles. The summed E-state index contributed by atoms with van der Waals surface area (Å²) in [5, 5.41) is 16.5. The zero-order valence-electron chi connectivity index (χ0n) is 15.7. The molecule has 2 aromatic carbocycles. The van der Waals surface area contributed by atoms with Gasteiger partial charge in [-0.2, -0.15) is 0 Å². The van der Waals surface area contributed by atoms with Gasteiger partial charge in [0.15, 0.2) is 0 Å². The van der Waals surface area contributed by atoms with Crippen molar-refractivity contribution in [2.24, 2.45) is 0 Å². The number of phenols is 1. The quantitative estimate of drug-likeness (QED) is 0.467. The average molecular weight is 384 g/mol. The molecule has 0 radical (unpaired) electrons. The number of anilines is 2. The van der Waals surface area contributed by atoms with Gasteiger partial charge in [-0.25, -0.2) is 4.98 Å². The predicted molar refractivity (Wildman–Crippen MR) is 113 cm³/mol. The third kappa shape index (κ3) is 4.68. The van der Waals surface area contributed by atoms with Crippen molar-refractivity contribution in [1.29, 1.82) is 0 Å². The highest BCUT2D eigenvalue weighted by molar-refractivity contribution is 5.95. The number of benzene rings is 2. The standard InChI is InChI=1S/C23H20N4O2/c28-20-6-3-16(4-7-20)9-12-26-23(29)18-10-13-25-22(15-18)27-19-5-8-21-17(14-19)2-1-11-24-21/h1-8,10-11,13-15,28H,9,12H2,(H,25,27)(H,26,29). The Morgan fingerprint density at radius 3 is 2.66 bits per heavy atom. The molecule has 6 nitrogen and oxygen atoms in total. The molecule has 2 heterocycles. The van der Waals surface area contributed by atoms with Crippen molar-refractivity contribution < 1.29 is 9.90 Å². The molecule has 0 unspecified atom stereocenters. The topological polar surface area (TPSA) is 87.1 Å². The third-order valence-corrected chi connectivity index (χ3v) is 4.53. The third-order valence-electron chi connectivity index (χ3n) is 4.53. The van der Waals surface area contributed by atoms with Gasteiger partial charge in [-0.05, 0) is 60.5 Å². The minimum Gasteiger partial charge on any atom is -0.508 e. The van der Waals surface area contributed by atoms with Gasteiger partial charge in [-0.3, -0.25) is 9.78 Å². The van der Waals surface area contributed by atoms with E-state index in [9.17, 15) is 9.90 Å². The highest BCUT2D eigenvalue weighted by atomic mass is 16.3. The fourth-order valence-electron chi connectivity index (χ4n) is 3.03. The van der Waals surface area contributed by atoms with E-state index in [1.807, 2.05) is 42.5 Å². The molecule has 144 valence electrons. The van der Waals surface area contributed by atoms with Crippen LogP contribution in [-0.4, -0.2) is 27.5 Å². The van der Waals surface area contributed by atoms with Gasteiger partial charge in [0.1, 0.15) is 11.6 Å². The zero-order valence-corrected chi connectivity index (χ0v) is 15.7. The summed E-state index contributed by atoms with van der Waals surface area (Å²) in [6.07, 6.45) is 4.06. The molecular weight excluding hydrogens is 364 g/mol. The first-order valence-electron chi connectivity index (χ1n) is 9.31. The molecule has 0 bridgehead atoms. The number of fused-ring (bicyclic) bond motifs is 1. The van der Waals surface area contributed by atoms with Crippen LogP contribution in [0.3, 0.4) is 0 Å². The van der Waals surface area contributed by atoms with Crippen LogP contribution in [0.5, 0.6) is 5.75 Å². The number of aromatic nitrogens is 2. The Hall–Kier alpha value is -3.93. The lowest BCUT2D eigenvalue weighted by molar-refractivity contribution is 0.0954. The molecule has 0 spiro atoms. The van der Waals surface area contributed by atoms with Crippen LogP contribution in [0.2, 0.25) is 0 Å². The van der Waals surface area contributed by atoms with Gasteiger partial charge in [0.25, 0.3) is 5.91 Å². The van der Waals surface area contributed by atoms with Crippen LogP contribution in [0.15, 0.2) is 79.1 Å². The Bertz CT molecular complexity index is 1140. The first-order valence-corrected chi connectivity index (χ1v) is 9.31. The number of hydrogen-bond acceptors (Lipinski definition) is 5. The molecule has 29 heavy (non-hydrogen) atoms. The zero-order chi connectivity index (χ0) is 20.1. The number of carbonyl (C=O) groups is 1. The maximum atomic E-state index is 12.5. The van der Waals surface area contributed by atoms with Gasteiger partial charge in [0, 0.05) is 35.6 Å². The minimum absolute atomic E-state index is 0.156. The smallest absolute Gasteiger partial charge is 0.251 e. The Morgan fingerprint density at radius 1 is 0.931 bits per heavy atom. The normalized spacial score (nSPS) is 10.6. The van der Waals surface area contributed by atoms with Crippen LogP contribution >= 0.6 is 0 Å². The van der Waals surface area contributed by atoms with Crippen LogP contribution in [0, 0.1) is 0 Å². The molecule has 1 amide bonds. The van der Waals surface area contributed by atoms with Crippen molar-refractivity contribution in [2.45, 2.75) is 6.42 Å². The van der Waals surface area contributed by atoms with Crippen molar-refractivity contribution >= 4 is 28.3 Å². The molecule has 2 aromatic heterocycles. The van der Waals surface area contributed by atoms with E-state index in [1.165, 1.54) is 0 Å². The van der Waals surface area contributed by atoms with E-state index >= 15 is 0 Å². The number of aromatic hydroxyl groups is 1. The summed E-state index contributed by atoms with van der Waals surface area (Å²) >= 11 is 0. The van der Waals surface area contributed by atoms with E-state index in [4.69, 9.17) is 0 Å². The molecule has 4 aromatic rings. The molecule has 3 N–H and O–H groups in total. The lowest BCUT2D eigenvalue weighted by Crippen LogP contribution is -2.25. The van der Waals surface area contributed by atoms with E-state index in [-0.39, 0.29) is 11.7 Å². The Balaban J connectivity index is 1.39. The Labute approximate surface area is 168 Å². The maximum Gasteiger partial charge on any atom is 0.251 e. The number of nitrogens with one attached hydrogen (secondary N) is 2. The number of amides is 1. The van der Waals surface area contributed by atoms with Gasteiger partial charge in [0.05, 0.1) is 5.52 Å². The molecule has 6 heteroatoms. The number of pyridine rings is 2. The van der Waals surface area contributed by atoms with Gasteiger partial charge < -0.3 is 15.7 Å². The van der Waals surface area contributed by atoms with Crippen LogP contribution < -0.4 is 10.6 Å². The second-order valence-corrected chi connectivity index (χ2v) is 6.64. The molecule has 0 saturated carbocycles. The Morgan fingerprint density at radius 2 is 1.79 bits per heavy atom. The monoisotopic (exact) mass is 384 g/mol. The summed E-state index contributed by atoms with van der Waals surface area (Å²) in [5.74, 6) is 0.675. The van der Waals surface area contributed by atoms with Crippen molar-refractivity contribution in [1.82, 2.24) is 15.3 Å². The summed E-state index contributed by atoms with van der Waals surface area (Å²) in [7, 11) is 0. The lowest BCUT2D eigenvalue weighted by atomic mass is 10.1. The fourth-order valence-corrected chi connectivity index (χ4v) is 3.03. The number of carbonyl (C=O) groups excluding carboxylic acids is 1. The molecule has 0 aliphatic rings. The van der Waals surface area contributed by atoms with Crippen LogP contribution in [0.25, 0.3) is 10.9 Å². The largest absolute Gasteiger partial charge is 0.508 e. The fraction of sp³-hybridized carbons (Fsp3) is 0.0870. The molecule has 0 saturated heterocycles. The van der Waals surface area contributed by atoms with Gasteiger partial charge >= 0.3 is 0 Å². The second kappa shape index (κ2) is 8.39. The summed E-state index contributed by atoms with van der Waals surface area (Å²) in [5.41, 5.74) is 3.39. The molecule has 0 aliphatic heterocycles. The van der Waals surface area contributed by atoms with Crippen molar-refractivity contribution in [2.75, 3.05) is 11.9 Å². The highest BCUT2D eigenvalue weighted by Crippen LogP contribution is 2.20. The highest BCUT2D eigenvalue weighted by Gasteiger charge is 2.07.